The third-order valence-corrected chi connectivity index (χ3v) is 6.50. The van der Waals surface area contributed by atoms with Gasteiger partial charge in [0.05, 0.1) is 16.1 Å². The van der Waals surface area contributed by atoms with Gasteiger partial charge in [0.2, 0.25) is 0 Å². The summed E-state index contributed by atoms with van der Waals surface area (Å²) in [6, 6.07) is 17.3. The molecular weight excluding hydrogens is 412 g/mol. The van der Waals surface area contributed by atoms with E-state index in [2.05, 4.69) is 4.72 Å². The van der Waals surface area contributed by atoms with Crippen molar-refractivity contribution in [2.45, 2.75) is 18.4 Å². The summed E-state index contributed by atoms with van der Waals surface area (Å²) in [4.78, 5) is 11.5. The van der Waals surface area contributed by atoms with E-state index in [1.54, 1.807) is 54.0 Å². The van der Waals surface area contributed by atoms with Crippen molar-refractivity contribution in [3.8, 4) is 0 Å². The van der Waals surface area contributed by atoms with Crippen molar-refractivity contribution in [3.05, 3.63) is 71.4 Å². The van der Waals surface area contributed by atoms with Crippen LogP contribution in [-0.4, -0.2) is 24.1 Å². The number of rotatable bonds is 5. The summed E-state index contributed by atoms with van der Waals surface area (Å²) < 4.78 is 30.7. The Balaban J connectivity index is 1.90. The van der Waals surface area contributed by atoms with Gasteiger partial charge in [-0.25, -0.2) is 8.42 Å². The SMILES string of the molecule is Cc1c(NS(=O)(=O)c2cccc3ccccc23)c2cc(Cl)ccc2n1CC(=O)O. The molecule has 6 nitrogen and oxygen atoms in total. The number of aliphatic carboxylic acids is 1. The largest absolute Gasteiger partial charge is 0.480 e. The number of halogens is 1. The van der Waals surface area contributed by atoms with Gasteiger partial charge in [0, 0.05) is 21.5 Å². The summed E-state index contributed by atoms with van der Waals surface area (Å²) >= 11 is 6.12. The smallest absolute Gasteiger partial charge is 0.323 e. The van der Waals surface area contributed by atoms with Crippen molar-refractivity contribution in [2.75, 3.05) is 4.72 Å². The maximum absolute atomic E-state index is 13.3. The van der Waals surface area contributed by atoms with Crippen LogP contribution < -0.4 is 4.72 Å². The highest BCUT2D eigenvalue weighted by molar-refractivity contribution is 7.93. The second-order valence-corrected chi connectivity index (χ2v) is 8.77. The van der Waals surface area contributed by atoms with Crippen molar-refractivity contribution in [2.24, 2.45) is 0 Å². The summed E-state index contributed by atoms with van der Waals surface area (Å²) in [5, 5.41) is 11.6. The molecule has 0 unspecified atom stereocenters. The Bertz CT molecular complexity index is 1370. The Kier molecular flexibility index (Phi) is 4.72. The number of nitrogens with zero attached hydrogens (tertiary/aromatic N) is 1. The number of anilines is 1. The van der Waals surface area contributed by atoms with Crippen molar-refractivity contribution < 1.29 is 18.3 Å². The summed E-state index contributed by atoms with van der Waals surface area (Å²) in [5.74, 6) is -1.02. The maximum atomic E-state index is 13.3. The highest BCUT2D eigenvalue weighted by Crippen LogP contribution is 2.35. The maximum Gasteiger partial charge on any atom is 0.323 e. The van der Waals surface area contributed by atoms with E-state index in [-0.39, 0.29) is 11.4 Å². The molecule has 29 heavy (non-hydrogen) atoms. The predicted octanol–water partition coefficient (Wildman–Crippen LogP) is 4.64. The average molecular weight is 429 g/mol. The first kappa shape index (κ1) is 19.3. The molecule has 0 amide bonds. The molecule has 0 saturated carbocycles. The molecule has 0 spiro atoms. The predicted molar refractivity (Wildman–Crippen MR) is 114 cm³/mol. The van der Waals surface area contributed by atoms with Crippen molar-refractivity contribution in [1.82, 2.24) is 4.57 Å². The molecule has 4 rings (SSSR count). The third-order valence-electron chi connectivity index (χ3n) is 4.85. The fourth-order valence-corrected chi connectivity index (χ4v) is 5.08. The van der Waals surface area contributed by atoms with Gasteiger partial charge in [0.15, 0.2) is 0 Å². The number of aromatic nitrogens is 1. The minimum atomic E-state index is -3.94. The van der Waals surface area contributed by atoms with Gasteiger partial charge in [-0.15, -0.1) is 0 Å². The van der Waals surface area contributed by atoms with Crippen molar-refractivity contribution in [3.63, 3.8) is 0 Å². The van der Waals surface area contributed by atoms with Gasteiger partial charge in [-0.1, -0.05) is 48.0 Å². The number of benzene rings is 3. The van der Waals surface area contributed by atoms with Gasteiger partial charge in [-0.3, -0.25) is 9.52 Å². The van der Waals surface area contributed by atoms with Gasteiger partial charge in [0.25, 0.3) is 10.0 Å². The van der Waals surface area contributed by atoms with E-state index in [1.165, 1.54) is 0 Å². The summed E-state index contributed by atoms with van der Waals surface area (Å²) in [5.41, 5.74) is 1.40. The molecule has 0 radical (unpaired) electrons. The van der Waals surface area contributed by atoms with Crippen LogP contribution in [0.3, 0.4) is 0 Å². The summed E-state index contributed by atoms with van der Waals surface area (Å²) in [6.07, 6.45) is 0. The zero-order valence-corrected chi connectivity index (χ0v) is 17.0. The molecule has 1 aromatic heterocycles. The van der Waals surface area contributed by atoms with Crippen molar-refractivity contribution >= 4 is 55.0 Å². The number of carboxylic acid groups (broad SMARTS) is 1. The molecule has 0 aliphatic heterocycles. The summed E-state index contributed by atoms with van der Waals surface area (Å²) in [6.45, 7) is 1.39. The van der Waals surface area contributed by atoms with Crippen LogP contribution in [0.4, 0.5) is 5.69 Å². The molecule has 0 atom stereocenters. The van der Waals surface area contributed by atoms with Crippen LogP contribution in [0.5, 0.6) is 0 Å². The molecule has 0 bridgehead atoms. The van der Waals surface area contributed by atoms with Crippen LogP contribution in [0.15, 0.2) is 65.6 Å². The van der Waals surface area contributed by atoms with E-state index in [0.717, 1.165) is 5.39 Å². The molecule has 3 aromatic carbocycles. The number of carbonyl (C=O) groups is 1. The van der Waals surface area contributed by atoms with Gasteiger partial charge in [-0.05, 0) is 36.6 Å². The number of carboxylic acids is 1. The average Bonchev–Trinajstić information content (AvgIpc) is 2.92. The minimum Gasteiger partial charge on any atom is -0.480 e. The topological polar surface area (TPSA) is 88.4 Å². The number of fused-ring (bicyclic) bond motifs is 2. The van der Waals surface area contributed by atoms with E-state index in [1.807, 2.05) is 18.2 Å². The number of hydrogen-bond acceptors (Lipinski definition) is 3. The Morgan fingerprint density at radius 3 is 2.55 bits per heavy atom. The molecule has 8 heteroatoms. The molecule has 0 aliphatic rings. The third kappa shape index (κ3) is 3.43. The molecule has 0 aliphatic carbocycles. The molecule has 148 valence electrons. The van der Waals surface area contributed by atoms with E-state index >= 15 is 0 Å². The van der Waals surface area contributed by atoms with Crippen LogP contribution in [0.1, 0.15) is 5.69 Å². The first-order chi connectivity index (χ1) is 13.8. The zero-order chi connectivity index (χ0) is 20.8. The van der Waals surface area contributed by atoms with Crippen molar-refractivity contribution in [1.29, 1.82) is 0 Å². The second-order valence-electron chi connectivity index (χ2n) is 6.68. The normalized spacial score (nSPS) is 11.8. The second kappa shape index (κ2) is 7.09. The Morgan fingerprint density at radius 1 is 1.07 bits per heavy atom. The monoisotopic (exact) mass is 428 g/mol. The van der Waals surface area contributed by atoms with Crippen LogP contribution >= 0.6 is 11.6 Å². The Labute approximate surface area is 172 Å². The molecule has 2 N–H and O–H groups in total. The quantitative estimate of drug-likeness (QED) is 0.484. The first-order valence-corrected chi connectivity index (χ1v) is 10.6. The van der Waals surface area contributed by atoms with E-state index in [4.69, 9.17) is 11.6 Å². The molecular formula is C21H17ClN2O4S. The van der Waals surface area contributed by atoms with E-state index in [0.29, 0.717) is 32.7 Å². The van der Waals surface area contributed by atoms with Gasteiger partial charge < -0.3 is 9.67 Å². The van der Waals surface area contributed by atoms with Crippen LogP contribution in [-0.2, 0) is 21.4 Å². The summed E-state index contributed by atoms with van der Waals surface area (Å²) in [7, 11) is -3.94. The number of sulfonamides is 1. The molecule has 1 heterocycles. The zero-order valence-electron chi connectivity index (χ0n) is 15.4. The Hall–Kier alpha value is -3.03. The highest BCUT2D eigenvalue weighted by atomic mass is 35.5. The standard InChI is InChI=1S/C21H17ClN2O4S/c1-13-21(17-11-15(22)9-10-18(17)24(13)12-20(25)26)23-29(27,28)19-8-4-6-14-5-2-3-7-16(14)19/h2-11,23H,12H2,1H3,(H,25,26). The lowest BCUT2D eigenvalue weighted by Crippen LogP contribution is -2.15. The molecule has 4 aromatic rings. The lowest BCUT2D eigenvalue weighted by molar-refractivity contribution is -0.137. The van der Waals surface area contributed by atoms with Crippen LogP contribution in [0.2, 0.25) is 5.02 Å². The van der Waals surface area contributed by atoms with Crippen LogP contribution in [0, 0.1) is 6.92 Å². The fraction of sp³-hybridized carbons (Fsp3) is 0.0952. The number of hydrogen-bond donors (Lipinski definition) is 2. The van der Waals surface area contributed by atoms with E-state index < -0.39 is 16.0 Å². The van der Waals surface area contributed by atoms with Gasteiger partial charge in [0.1, 0.15) is 6.54 Å². The van der Waals surface area contributed by atoms with Gasteiger partial charge >= 0.3 is 5.97 Å². The lowest BCUT2D eigenvalue weighted by atomic mass is 10.1. The molecule has 0 saturated heterocycles. The number of nitrogens with one attached hydrogen (secondary N) is 1. The van der Waals surface area contributed by atoms with Crippen LogP contribution in [0.25, 0.3) is 21.7 Å². The molecule has 0 fully saturated rings. The highest BCUT2D eigenvalue weighted by Gasteiger charge is 2.23. The lowest BCUT2D eigenvalue weighted by Gasteiger charge is -2.11. The Morgan fingerprint density at radius 2 is 1.79 bits per heavy atom. The van der Waals surface area contributed by atoms with E-state index in [9.17, 15) is 18.3 Å². The fourth-order valence-electron chi connectivity index (χ4n) is 3.54. The first-order valence-electron chi connectivity index (χ1n) is 8.78. The minimum absolute atomic E-state index is 0.149. The van der Waals surface area contributed by atoms with Gasteiger partial charge in [-0.2, -0.15) is 0 Å².